The maximum absolute atomic E-state index is 13.6. The lowest BCUT2D eigenvalue weighted by Gasteiger charge is -2.15. The highest BCUT2D eigenvalue weighted by atomic mass is 19.1. The highest BCUT2D eigenvalue weighted by molar-refractivity contribution is 5.75. The predicted octanol–water partition coefficient (Wildman–Crippen LogP) is 2.47. The highest BCUT2D eigenvalue weighted by Gasteiger charge is 2.22. The third-order valence-electron chi connectivity index (χ3n) is 2.26. The number of hydrogen-bond acceptors (Lipinski definition) is 2. The maximum atomic E-state index is 13.6. The van der Waals surface area contributed by atoms with Gasteiger partial charge in [-0.2, -0.15) is 0 Å². The molecule has 0 saturated carbocycles. The summed E-state index contributed by atoms with van der Waals surface area (Å²) >= 11 is 0. The Morgan fingerprint density at radius 2 is 2.20 bits per heavy atom. The fraction of sp³-hybridized carbons (Fsp3) is 0.455. The van der Waals surface area contributed by atoms with E-state index in [4.69, 9.17) is 5.11 Å². The minimum absolute atomic E-state index is 0.258. The number of pyridine rings is 1. The predicted molar refractivity (Wildman–Crippen MR) is 54.4 cm³/mol. The number of alkyl halides is 1. The van der Waals surface area contributed by atoms with E-state index in [1.807, 2.05) is 0 Å². The van der Waals surface area contributed by atoms with Crippen molar-refractivity contribution in [2.24, 2.45) is 0 Å². The van der Waals surface area contributed by atoms with Gasteiger partial charge < -0.3 is 5.11 Å². The van der Waals surface area contributed by atoms with Gasteiger partial charge in [0.2, 0.25) is 0 Å². The minimum atomic E-state index is -1.55. The molecule has 1 aromatic rings. The number of carboxylic acid groups (broad SMARTS) is 1. The molecule has 0 radical (unpaired) electrons. The smallest absolute Gasteiger partial charge is 0.310 e. The third kappa shape index (κ3) is 2.75. The summed E-state index contributed by atoms with van der Waals surface area (Å²) in [6.45, 7) is 4.35. The van der Waals surface area contributed by atoms with Crippen LogP contribution in [0.5, 0.6) is 0 Å². The van der Waals surface area contributed by atoms with Gasteiger partial charge in [0.05, 0.1) is 11.6 Å². The molecule has 0 fully saturated rings. The number of carbonyl (C=O) groups is 1. The molecule has 0 aliphatic rings. The standard InChI is InChI=1S/C11H14FNO2/c1-7(10(14)15)8-4-5-13-9(6-8)11(2,3)12/h4-7H,1-3H3,(H,14,15). The van der Waals surface area contributed by atoms with Gasteiger partial charge >= 0.3 is 5.97 Å². The number of halogens is 1. The van der Waals surface area contributed by atoms with Gasteiger partial charge in [-0.05, 0) is 38.5 Å². The van der Waals surface area contributed by atoms with Gasteiger partial charge in [-0.15, -0.1) is 0 Å². The first-order chi connectivity index (χ1) is 6.82. The van der Waals surface area contributed by atoms with Crippen LogP contribution in [-0.2, 0) is 10.5 Å². The summed E-state index contributed by atoms with van der Waals surface area (Å²) < 4.78 is 13.6. The largest absolute Gasteiger partial charge is 0.481 e. The van der Waals surface area contributed by atoms with Crippen LogP contribution in [0, 0.1) is 0 Å². The van der Waals surface area contributed by atoms with Crippen LogP contribution < -0.4 is 0 Å². The van der Waals surface area contributed by atoms with Crippen LogP contribution in [-0.4, -0.2) is 16.1 Å². The molecule has 0 saturated heterocycles. The zero-order chi connectivity index (χ0) is 11.6. The van der Waals surface area contributed by atoms with E-state index in [-0.39, 0.29) is 5.69 Å². The molecule has 0 aliphatic carbocycles. The molecule has 1 unspecified atom stereocenters. The second-order valence-corrected chi connectivity index (χ2v) is 4.01. The van der Waals surface area contributed by atoms with Crippen LogP contribution in [0.4, 0.5) is 4.39 Å². The van der Waals surface area contributed by atoms with E-state index in [1.165, 1.54) is 26.1 Å². The van der Waals surface area contributed by atoms with Crippen molar-refractivity contribution in [1.82, 2.24) is 4.98 Å². The van der Waals surface area contributed by atoms with Crippen LogP contribution in [0.3, 0.4) is 0 Å². The maximum Gasteiger partial charge on any atom is 0.310 e. The summed E-state index contributed by atoms with van der Waals surface area (Å²) in [5, 5.41) is 8.81. The van der Waals surface area contributed by atoms with Crippen molar-refractivity contribution in [2.75, 3.05) is 0 Å². The van der Waals surface area contributed by atoms with Crippen molar-refractivity contribution in [3.8, 4) is 0 Å². The second kappa shape index (κ2) is 3.96. The van der Waals surface area contributed by atoms with Gasteiger partial charge in [0.15, 0.2) is 0 Å². The third-order valence-corrected chi connectivity index (χ3v) is 2.26. The Morgan fingerprint density at radius 1 is 1.60 bits per heavy atom. The monoisotopic (exact) mass is 211 g/mol. The van der Waals surface area contributed by atoms with Crippen molar-refractivity contribution in [1.29, 1.82) is 0 Å². The zero-order valence-electron chi connectivity index (χ0n) is 8.99. The molecule has 3 nitrogen and oxygen atoms in total. The fourth-order valence-electron chi connectivity index (χ4n) is 1.18. The molecular weight excluding hydrogens is 197 g/mol. The summed E-state index contributed by atoms with van der Waals surface area (Å²) in [4.78, 5) is 14.6. The Balaban J connectivity index is 3.08. The molecule has 1 N–H and O–H groups in total. The molecule has 82 valence electrons. The molecular formula is C11H14FNO2. The van der Waals surface area contributed by atoms with Crippen LogP contribution in [0.25, 0.3) is 0 Å². The number of hydrogen-bond donors (Lipinski definition) is 1. The average Bonchev–Trinajstić information content (AvgIpc) is 2.15. The molecule has 0 amide bonds. The van der Waals surface area contributed by atoms with Crippen LogP contribution >= 0.6 is 0 Å². The molecule has 1 heterocycles. The normalized spacial score (nSPS) is 13.6. The van der Waals surface area contributed by atoms with Gasteiger partial charge in [-0.1, -0.05) is 0 Å². The van der Waals surface area contributed by atoms with Gasteiger partial charge in [-0.3, -0.25) is 9.78 Å². The summed E-state index contributed by atoms with van der Waals surface area (Å²) in [7, 11) is 0. The van der Waals surface area contributed by atoms with Crippen molar-refractivity contribution in [3.63, 3.8) is 0 Å². The molecule has 1 atom stereocenters. The Kier molecular flexibility index (Phi) is 3.07. The lowest BCUT2D eigenvalue weighted by molar-refractivity contribution is -0.138. The van der Waals surface area contributed by atoms with E-state index >= 15 is 0 Å². The summed E-state index contributed by atoms with van der Waals surface area (Å²) in [6, 6.07) is 3.09. The van der Waals surface area contributed by atoms with Crippen molar-refractivity contribution >= 4 is 5.97 Å². The Morgan fingerprint density at radius 3 is 2.67 bits per heavy atom. The van der Waals surface area contributed by atoms with Crippen molar-refractivity contribution < 1.29 is 14.3 Å². The topological polar surface area (TPSA) is 50.2 Å². The molecule has 0 aromatic carbocycles. The Labute approximate surface area is 88.0 Å². The molecule has 1 rings (SSSR count). The number of rotatable bonds is 3. The molecule has 4 heteroatoms. The summed E-state index contributed by atoms with van der Waals surface area (Å²) in [5.74, 6) is -1.57. The van der Waals surface area contributed by atoms with Crippen molar-refractivity contribution in [2.45, 2.75) is 32.4 Å². The van der Waals surface area contributed by atoms with Crippen molar-refractivity contribution in [3.05, 3.63) is 29.6 Å². The first-order valence-corrected chi connectivity index (χ1v) is 4.70. The molecule has 1 aromatic heterocycles. The number of aliphatic carboxylic acids is 1. The Bertz CT molecular complexity index is 371. The summed E-state index contributed by atoms with van der Waals surface area (Å²) in [6.07, 6.45) is 1.44. The van der Waals surface area contributed by atoms with E-state index in [0.29, 0.717) is 5.56 Å². The SMILES string of the molecule is CC(C(=O)O)c1ccnc(C(C)(C)F)c1. The lowest BCUT2D eigenvalue weighted by Crippen LogP contribution is -2.14. The van der Waals surface area contributed by atoms with Crippen LogP contribution in [0.2, 0.25) is 0 Å². The van der Waals surface area contributed by atoms with Crippen LogP contribution in [0.1, 0.15) is 37.9 Å². The van der Waals surface area contributed by atoms with Crippen LogP contribution in [0.15, 0.2) is 18.3 Å². The van der Waals surface area contributed by atoms with E-state index in [9.17, 15) is 9.18 Å². The average molecular weight is 211 g/mol. The fourth-order valence-corrected chi connectivity index (χ4v) is 1.18. The number of carboxylic acids is 1. The van der Waals surface area contributed by atoms with Gasteiger partial charge in [0, 0.05) is 6.20 Å². The number of nitrogens with zero attached hydrogens (tertiary/aromatic N) is 1. The van der Waals surface area contributed by atoms with Gasteiger partial charge in [-0.25, -0.2) is 4.39 Å². The van der Waals surface area contributed by atoms with E-state index in [2.05, 4.69) is 4.98 Å². The number of aromatic nitrogens is 1. The summed E-state index contributed by atoms with van der Waals surface area (Å²) in [5.41, 5.74) is -0.722. The first kappa shape index (κ1) is 11.6. The van der Waals surface area contributed by atoms with E-state index in [0.717, 1.165) is 0 Å². The minimum Gasteiger partial charge on any atom is -0.481 e. The van der Waals surface area contributed by atoms with E-state index in [1.54, 1.807) is 13.0 Å². The lowest BCUT2D eigenvalue weighted by atomic mass is 9.98. The van der Waals surface area contributed by atoms with Gasteiger partial charge in [0.25, 0.3) is 0 Å². The molecule has 0 bridgehead atoms. The van der Waals surface area contributed by atoms with Gasteiger partial charge in [0.1, 0.15) is 5.67 Å². The molecule has 15 heavy (non-hydrogen) atoms. The highest BCUT2D eigenvalue weighted by Crippen LogP contribution is 2.25. The Hall–Kier alpha value is -1.45. The molecule has 0 aliphatic heterocycles. The molecule has 0 spiro atoms. The first-order valence-electron chi connectivity index (χ1n) is 4.70. The zero-order valence-corrected chi connectivity index (χ0v) is 8.99. The quantitative estimate of drug-likeness (QED) is 0.835. The second-order valence-electron chi connectivity index (χ2n) is 4.01. The van der Waals surface area contributed by atoms with E-state index < -0.39 is 17.6 Å².